The van der Waals surface area contributed by atoms with Crippen LogP contribution in [0.25, 0.3) is 0 Å². The van der Waals surface area contributed by atoms with E-state index in [-0.39, 0.29) is 54.0 Å². The molecule has 0 saturated carbocycles. The standard InChI is InChI=1S/C22H19F2N5O6S/c1-25-36(31,32)28-16-5-2-4-13(20(16)24)10-29-21(30)35-17-9-14(34-18-6-3-7-26-27-18)8-15(23)19(17)22(29)11-33-12-22/h2-9,25,28H,10-12H2,1H3. The second-order valence-electron chi connectivity index (χ2n) is 8.01. The van der Waals surface area contributed by atoms with E-state index in [0.717, 1.165) is 6.07 Å². The van der Waals surface area contributed by atoms with Crippen LogP contribution >= 0.6 is 0 Å². The van der Waals surface area contributed by atoms with Gasteiger partial charge in [-0.1, -0.05) is 12.1 Å². The molecule has 5 rings (SSSR count). The Balaban J connectivity index is 1.48. The quantitative estimate of drug-likeness (QED) is 0.487. The fourth-order valence-electron chi connectivity index (χ4n) is 4.03. The number of carbonyl (C=O) groups excluding carboxylic acids is 1. The number of anilines is 1. The van der Waals surface area contributed by atoms with Gasteiger partial charge in [0.05, 0.1) is 31.0 Å². The Morgan fingerprint density at radius 1 is 1.19 bits per heavy atom. The maximum atomic E-state index is 15.4. The van der Waals surface area contributed by atoms with Gasteiger partial charge in [0, 0.05) is 37.0 Å². The van der Waals surface area contributed by atoms with Crippen LogP contribution in [0.2, 0.25) is 0 Å². The van der Waals surface area contributed by atoms with Crippen LogP contribution in [0.3, 0.4) is 0 Å². The lowest BCUT2D eigenvalue weighted by atomic mass is 9.83. The molecular weight excluding hydrogens is 500 g/mol. The number of benzene rings is 2. The minimum atomic E-state index is -3.98. The fraction of sp³-hybridized carbons (Fsp3) is 0.227. The molecule has 2 aliphatic rings. The summed E-state index contributed by atoms with van der Waals surface area (Å²) in [6.45, 7) is -0.436. The number of carbonyl (C=O) groups is 1. The van der Waals surface area contributed by atoms with E-state index in [4.69, 9.17) is 14.2 Å². The van der Waals surface area contributed by atoms with E-state index in [0.29, 0.717) is 0 Å². The molecule has 0 unspecified atom stereocenters. The third kappa shape index (κ3) is 4.19. The Labute approximate surface area is 204 Å². The van der Waals surface area contributed by atoms with Crippen molar-refractivity contribution in [3.8, 4) is 17.4 Å². The van der Waals surface area contributed by atoms with Crippen LogP contribution in [0, 0.1) is 11.6 Å². The molecule has 1 aromatic heterocycles. The summed E-state index contributed by atoms with van der Waals surface area (Å²) in [5, 5.41) is 7.46. The third-order valence-corrected chi connectivity index (χ3v) is 6.83. The topological polar surface area (TPSA) is 132 Å². The zero-order valence-corrected chi connectivity index (χ0v) is 19.5. The second kappa shape index (κ2) is 8.96. The van der Waals surface area contributed by atoms with Crippen LogP contribution in [0.4, 0.5) is 19.3 Å². The first-order chi connectivity index (χ1) is 17.2. The summed E-state index contributed by atoms with van der Waals surface area (Å²) in [4.78, 5) is 14.2. The number of nitrogens with zero attached hydrogens (tertiary/aromatic N) is 3. The van der Waals surface area contributed by atoms with Crippen molar-refractivity contribution in [2.24, 2.45) is 0 Å². The normalized spacial score (nSPS) is 16.2. The molecule has 1 fully saturated rings. The van der Waals surface area contributed by atoms with Gasteiger partial charge in [0.2, 0.25) is 5.88 Å². The third-order valence-electron chi connectivity index (χ3n) is 5.80. The van der Waals surface area contributed by atoms with Crippen molar-refractivity contribution in [1.29, 1.82) is 0 Å². The average Bonchev–Trinajstić information content (AvgIpc) is 2.81. The van der Waals surface area contributed by atoms with Gasteiger partial charge in [0.1, 0.15) is 22.9 Å². The lowest BCUT2D eigenvalue weighted by Gasteiger charge is -2.51. The number of fused-ring (bicyclic) bond motifs is 2. The fourth-order valence-corrected chi connectivity index (χ4v) is 4.58. The van der Waals surface area contributed by atoms with Crippen molar-refractivity contribution in [2.75, 3.05) is 25.0 Å². The van der Waals surface area contributed by atoms with Crippen molar-refractivity contribution < 1.29 is 36.2 Å². The molecular formula is C22H19F2N5O6S. The molecule has 11 nitrogen and oxygen atoms in total. The zero-order chi connectivity index (χ0) is 25.5. The smallest absolute Gasteiger partial charge is 0.416 e. The molecule has 0 atom stereocenters. The highest BCUT2D eigenvalue weighted by Gasteiger charge is 2.55. The molecule has 188 valence electrons. The van der Waals surface area contributed by atoms with E-state index in [1.165, 1.54) is 48.5 Å². The number of ether oxygens (including phenoxy) is 3. The van der Waals surface area contributed by atoms with Crippen LogP contribution in [-0.2, 0) is 27.0 Å². The first-order valence-corrected chi connectivity index (χ1v) is 12.1. The number of rotatable bonds is 7. The minimum Gasteiger partial charge on any atom is -0.437 e. The van der Waals surface area contributed by atoms with Gasteiger partial charge in [0.15, 0.2) is 5.82 Å². The lowest BCUT2D eigenvalue weighted by Crippen LogP contribution is -2.64. The number of nitrogens with one attached hydrogen (secondary N) is 2. The molecule has 14 heteroatoms. The van der Waals surface area contributed by atoms with Crippen LogP contribution < -0.4 is 18.9 Å². The molecule has 36 heavy (non-hydrogen) atoms. The highest BCUT2D eigenvalue weighted by molar-refractivity contribution is 7.90. The van der Waals surface area contributed by atoms with E-state index in [9.17, 15) is 13.2 Å². The average molecular weight is 519 g/mol. The predicted molar refractivity (Wildman–Crippen MR) is 121 cm³/mol. The number of hydrogen-bond donors (Lipinski definition) is 2. The summed E-state index contributed by atoms with van der Waals surface area (Å²) >= 11 is 0. The van der Waals surface area contributed by atoms with Crippen molar-refractivity contribution in [3.05, 3.63) is 71.4 Å². The Morgan fingerprint density at radius 3 is 2.67 bits per heavy atom. The molecule has 2 aliphatic heterocycles. The number of halogens is 2. The Bertz CT molecular complexity index is 1440. The first-order valence-electron chi connectivity index (χ1n) is 10.6. The summed E-state index contributed by atoms with van der Waals surface area (Å²) in [6, 6.07) is 9.64. The van der Waals surface area contributed by atoms with Gasteiger partial charge < -0.3 is 14.2 Å². The molecule has 0 aliphatic carbocycles. The molecule has 2 aromatic carbocycles. The largest absolute Gasteiger partial charge is 0.437 e. The van der Waals surface area contributed by atoms with Crippen LogP contribution in [0.15, 0.2) is 48.7 Å². The number of amides is 1. The van der Waals surface area contributed by atoms with Crippen molar-refractivity contribution in [3.63, 3.8) is 0 Å². The maximum absolute atomic E-state index is 15.4. The van der Waals surface area contributed by atoms with Gasteiger partial charge >= 0.3 is 6.09 Å². The van der Waals surface area contributed by atoms with Crippen molar-refractivity contribution in [2.45, 2.75) is 12.1 Å². The van der Waals surface area contributed by atoms with Crippen molar-refractivity contribution >= 4 is 22.0 Å². The van der Waals surface area contributed by atoms with E-state index >= 15 is 8.78 Å². The number of aromatic nitrogens is 2. The van der Waals surface area contributed by atoms with E-state index in [2.05, 4.69) is 14.9 Å². The Morgan fingerprint density at radius 2 is 2.00 bits per heavy atom. The highest BCUT2D eigenvalue weighted by atomic mass is 32.2. The Hall–Kier alpha value is -3.88. The SMILES string of the molecule is CNS(=O)(=O)Nc1cccc(CN2C(=O)Oc3cc(Oc4cccnn4)cc(F)c3C23COC3)c1F. The molecule has 1 amide bonds. The van der Waals surface area contributed by atoms with E-state index in [1.807, 2.05) is 4.72 Å². The van der Waals surface area contributed by atoms with E-state index in [1.54, 1.807) is 6.07 Å². The lowest BCUT2D eigenvalue weighted by molar-refractivity contribution is -0.145. The summed E-state index contributed by atoms with van der Waals surface area (Å²) in [5.74, 6) is -1.51. The molecule has 0 radical (unpaired) electrons. The van der Waals surface area contributed by atoms with Crippen LogP contribution in [0.5, 0.6) is 17.4 Å². The molecule has 2 N–H and O–H groups in total. The summed E-state index contributed by atoms with van der Waals surface area (Å²) in [6.07, 6.45) is 0.591. The zero-order valence-electron chi connectivity index (χ0n) is 18.7. The minimum absolute atomic E-state index is 0.0130. The van der Waals surface area contributed by atoms with Gasteiger partial charge in [0.25, 0.3) is 10.2 Å². The second-order valence-corrected chi connectivity index (χ2v) is 9.63. The van der Waals surface area contributed by atoms with Gasteiger partial charge in [-0.25, -0.2) is 18.3 Å². The van der Waals surface area contributed by atoms with Gasteiger partial charge in [-0.2, -0.15) is 13.5 Å². The Kier molecular flexibility index (Phi) is 5.94. The van der Waals surface area contributed by atoms with Crippen LogP contribution in [-0.4, -0.2) is 49.9 Å². The molecule has 3 heterocycles. The molecule has 1 saturated heterocycles. The maximum Gasteiger partial charge on any atom is 0.416 e. The number of hydrogen-bond acceptors (Lipinski definition) is 8. The summed E-state index contributed by atoms with van der Waals surface area (Å²) in [5.41, 5.74) is -1.52. The molecule has 3 aromatic rings. The monoisotopic (exact) mass is 519 g/mol. The molecule has 0 bridgehead atoms. The van der Waals surface area contributed by atoms with E-state index < -0.39 is 33.5 Å². The predicted octanol–water partition coefficient (Wildman–Crippen LogP) is 2.66. The summed E-state index contributed by atoms with van der Waals surface area (Å²) < 4.78 is 74.5. The highest BCUT2D eigenvalue weighted by Crippen LogP contribution is 2.48. The van der Waals surface area contributed by atoms with Crippen LogP contribution in [0.1, 0.15) is 11.1 Å². The van der Waals surface area contributed by atoms with Gasteiger partial charge in [-0.05, 0) is 12.1 Å². The first kappa shape index (κ1) is 23.8. The molecule has 1 spiro atoms. The summed E-state index contributed by atoms with van der Waals surface area (Å²) in [7, 11) is -2.81. The van der Waals surface area contributed by atoms with Gasteiger partial charge in [-0.3, -0.25) is 9.62 Å². The van der Waals surface area contributed by atoms with Crippen molar-refractivity contribution in [1.82, 2.24) is 19.8 Å². The van der Waals surface area contributed by atoms with Gasteiger partial charge in [-0.15, -0.1) is 5.10 Å².